The van der Waals surface area contributed by atoms with E-state index in [9.17, 15) is 4.39 Å². The molecule has 0 aliphatic heterocycles. The van der Waals surface area contributed by atoms with Gasteiger partial charge in [-0.3, -0.25) is 4.68 Å². The van der Waals surface area contributed by atoms with E-state index in [0.717, 1.165) is 30.1 Å². The van der Waals surface area contributed by atoms with Gasteiger partial charge in [-0.15, -0.1) is 24.0 Å². The molecule has 2 rings (SSSR count). The molecule has 0 fully saturated rings. The molecule has 0 saturated carbocycles. The fourth-order valence-corrected chi connectivity index (χ4v) is 2.08. The maximum atomic E-state index is 13.1. The number of halogens is 2. The number of guanidine groups is 1. The summed E-state index contributed by atoms with van der Waals surface area (Å²) in [6.07, 6.45) is 4.49. The molecular weight excluding hydrogens is 408 g/mol. The van der Waals surface area contributed by atoms with Crippen LogP contribution < -0.4 is 10.6 Å². The van der Waals surface area contributed by atoms with E-state index in [1.165, 1.54) is 6.07 Å². The van der Waals surface area contributed by atoms with Crippen molar-refractivity contribution in [2.24, 2.45) is 12.0 Å². The number of benzene rings is 1. The highest BCUT2D eigenvalue weighted by molar-refractivity contribution is 14.0. The third-order valence-corrected chi connectivity index (χ3v) is 3.12. The second kappa shape index (κ2) is 10.2. The molecule has 0 radical (unpaired) electrons. The van der Waals surface area contributed by atoms with Crippen LogP contribution in [0.3, 0.4) is 0 Å². The first-order chi connectivity index (χ1) is 10.7. The number of aromatic nitrogens is 2. The van der Waals surface area contributed by atoms with E-state index in [1.807, 2.05) is 26.2 Å². The second-order valence-corrected chi connectivity index (χ2v) is 5.02. The molecule has 5 nitrogen and oxygen atoms in total. The zero-order valence-electron chi connectivity index (χ0n) is 13.4. The molecular formula is C16H23FIN5. The van der Waals surface area contributed by atoms with Crippen LogP contribution in [0.1, 0.15) is 18.1 Å². The van der Waals surface area contributed by atoms with Gasteiger partial charge < -0.3 is 10.6 Å². The van der Waals surface area contributed by atoms with Crippen molar-refractivity contribution < 1.29 is 4.39 Å². The Morgan fingerprint density at radius 2 is 2.13 bits per heavy atom. The monoisotopic (exact) mass is 431 g/mol. The number of nitrogens with one attached hydrogen (secondary N) is 2. The van der Waals surface area contributed by atoms with Gasteiger partial charge >= 0.3 is 0 Å². The van der Waals surface area contributed by atoms with Crippen LogP contribution in [0.4, 0.5) is 4.39 Å². The number of aryl methyl sites for hydroxylation is 1. The lowest BCUT2D eigenvalue weighted by molar-refractivity contribution is 0.625. The minimum absolute atomic E-state index is 0. The fraction of sp³-hybridized carbons (Fsp3) is 0.375. The molecule has 0 bridgehead atoms. The van der Waals surface area contributed by atoms with Crippen LogP contribution in [0.5, 0.6) is 0 Å². The van der Waals surface area contributed by atoms with E-state index < -0.39 is 0 Å². The zero-order chi connectivity index (χ0) is 15.8. The topological polar surface area (TPSA) is 54.2 Å². The average molecular weight is 431 g/mol. The number of hydrogen-bond donors (Lipinski definition) is 2. The molecule has 126 valence electrons. The van der Waals surface area contributed by atoms with E-state index in [-0.39, 0.29) is 29.8 Å². The predicted octanol–water partition coefficient (Wildman–Crippen LogP) is 2.48. The van der Waals surface area contributed by atoms with Gasteiger partial charge in [0.15, 0.2) is 5.96 Å². The molecule has 0 aliphatic carbocycles. The number of nitrogens with zero attached hydrogens (tertiary/aromatic N) is 3. The van der Waals surface area contributed by atoms with Crippen LogP contribution in [-0.2, 0) is 20.0 Å². The van der Waals surface area contributed by atoms with Crippen LogP contribution >= 0.6 is 24.0 Å². The number of aliphatic imine (C=N–C) groups is 1. The van der Waals surface area contributed by atoms with E-state index in [0.29, 0.717) is 13.1 Å². The van der Waals surface area contributed by atoms with Crippen LogP contribution in [0, 0.1) is 5.82 Å². The third kappa shape index (κ3) is 6.98. The van der Waals surface area contributed by atoms with Crippen molar-refractivity contribution in [3.05, 3.63) is 53.6 Å². The van der Waals surface area contributed by atoms with Gasteiger partial charge in [-0.2, -0.15) is 5.10 Å². The highest BCUT2D eigenvalue weighted by Gasteiger charge is 2.00. The van der Waals surface area contributed by atoms with Crippen LogP contribution in [0.15, 0.2) is 41.7 Å². The minimum Gasteiger partial charge on any atom is -0.357 e. The molecule has 0 saturated heterocycles. The molecule has 0 atom stereocenters. The normalized spacial score (nSPS) is 11.0. The summed E-state index contributed by atoms with van der Waals surface area (Å²) in [6.45, 7) is 4.08. The van der Waals surface area contributed by atoms with Gasteiger partial charge in [0.05, 0.1) is 12.7 Å². The molecule has 1 heterocycles. The number of hydrogen-bond acceptors (Lipinski definition) is 2. The maximum Gasteiger partial charge on any atom is 0.191 e. The molecule has 1 aromatic carbocycles. The van der Waals surface area contributed by atoms with Gasteiger partial charge in [-0.25, -0.2) is 9.38 Å². The van der Waals surface area contributed by atoms with Crippen molar-refractivity contribution in [2.75, 3.05) is 13.1 Å². The second-order valence-electron chi connectivity index (χ2n) is 5.02. The van der Waals surface area contributed by atoms with E-state index in [2.05, 4.69) is 20.7 Å². The minimum atomic E-state index is -0.199. The van der Waals surface area contributed by atoms with Crippen LogP contribution in [0.25, 0.3) is 0 Å². The lowest BCUT2D eigenvalue weighted by Crippen LogP contribution is -2.38. The Hall–Kier alpha value is -1.64. The van der Waals surface area contributed by atoms with Crippen LogP contribution in [-0.4, -0.2) is 28.8 Å². The molecule has 0 amide bonds. The molecule has 23 heavy (non-hydrogen) atoms. The summed E-state index contributed by atoms with van der Waals surface area (Å²) in [5, 5.41) is 10.6. The number of rotatable bonds is 6. The van der Waals surface area contributed by atoms with E-state index in [4.69, 9.17) is 0 Å². The molecule has 0 aliphatic rings. The van der Waals surface area contributed by atoms with Crippen LogP contribution in [0.2, 0.25) is 0 Å². The molecule has 7 heteroatoms. The largest absolute Gasteiger partial charge is 0.357 e. The van der Waals surface area contributed by atoms with Crippen molar-refractivity contribution in [3.8, 4) is 0 Å². The Kier molecular flexibility index (Phi) is 8.60. The highest BCUT2D eigenvalue weighted by atomic mass is 127. The van der Waals surface area contributed by atoms with Gasteiger partial charge in [0, 0.05) is 31.9 Å². The average Bonchev–Trinajstić information content (AvgIpc) is 2.90. The van der Waals surface area contributed by atoms with Gasteiger partial charge in [0.25, 0.3) is 0 Å². The van der Waals surface area contributed by atoms with Crippen molar-refractivity contribution in [2.45, 2.75) is 19.9 Å². The van der Waals surface area contributed by atoms with Crippen molar-refractivity contribution >= 4 is 29.9 Å². The molecule has 0 unspecified atom stereocenters. The fourth-order valence-electron chi connectivity index (χ4n) is 2.08. The first kappa shape index (κ1) is 19.4. The Balaban J connectivity index is 0.00000264. The zero-order valence-corrected chi connectivity index (χ0v) is 15.8. The van der Waals surface area contributed by atoms with Gasteiger partial charge in [-0.05, 0) is 31.0 Å². The third-order valence-electron chi connectivity index (χ3n) is 3.12. The maximum absolute atomic E-state index is 13.1. The predicted molar refractivity (Wildman–Crippen MR) is 102 cm³/mol. The van der Waals surface area contributed by atoms with Crippen molar-refractivity contribution in [1.82, 2.24) is 20.4 Å². The van der Waals surface area contributed by atoms with Crippen molar-refractivity contribution in [3.63, 3.8) is 0 Å². The van der Waals surface area contributed by atoms with Gasteiger partial charge in [0.1, 0.15) is 5.82 Å². The van der Waals surface area contributed by atoms with Gasteiger partial charge in [0.2, 0.25) is 0 Å². The Morgan fingerprint density at radius 3 is 2.78 bits per heavy atom. The Bertz CT molecular complexity index is 626. The summed E-state index contributed by atoms with van der Waals surface area (Å²) in [6, 6.07) is 6.66. The quantitative estimate of drug-likeness (QED) is 0.420. The summed E-state index contributed by atoms with van der Waals surface area (Å²) in [5.41, 5.74) is 2.03. The first-order valence-corrected chi connectivity index (χ1v) is 7.41. The lowest BCUT2D eigenvalue weighted by Gasteiger charge is -2.11. The summed E-state index contributed by atoms with van der Waals surface area (Å²) in [4.78, 5) is 4.51. The Morgan fingerprint density at radius 1 is 1.30 bits per heavy atom. The Labute approximate surface area is 153 Å². The first-order valence-electron chi connectivity index (χ1n) is 7.41. The smallest absolute Gasteiger partial charge is 0.191 e. The van der Waals surface area contributed by atoms with E-state index >= 15 is 0 Å². The lowest BCUT2D eigenvalue weighted by atomic mass is 10.1. The summed E-state index contributed by atoms with van der Waals surface area (Å²) >= 11 is 0. The molecule has 0 spiro atoms. The molecule has 2 N–H and O–H groups in total. The van der Waals surface area contributed by atoms with Gasteiger partial charge in [-0.1, -0.05) is 12.1 Å². The summed E-state index contributed by atoms with van der Waals surface area (Å²) in [7, 11) is 1.88. The highest BCUT2D eigenvalue weighted by Crippen LogP contribution is 2.03. The van der Waals surface area contributed by atoms with E-state index in [1.54, 1.807) is 23.0 Å². The van der Waals surface area contributed by atoms with Crippen molar-refractivity contribution in [1.29, 1.82) is 0 Å². The standard InChI is InChI=1S/C16H22FN5.HI/c1-3-18-16(20-10-14-11-21-22(2)12-14)19-8-7-13-5-4-6-15(17)9-13;/h4-6,9,11-12H,3,7-8,10H2,1-2H3,(H2,18,19,20);1H. The molecule has 2 aromatic rings. The molecule has 1 aromatic heterocycles. The summed E-state index contributed by atoms with van der Waals surface area (Å²) in [5.74, 6) is 0.553. The SMILES string of the molecule is CCNC(=NCc1cnn(C)c1)NCCc1cccc(F)c1.I. The summed E-state index contributed by atoms with van der Waals surface area (Å²) < 4.78 is 14.9.